The van der Waals surface area contributed by atoms with E-state index >= 15 is 0 Å². The molecular weight excluding hydrogens is 182 g/mol. The van der Waals surface area contributed by atoms with Gasteiger partial charge in [-0.3, -0.25) is 0 Å². The van der Waals surface area contributed by atoms with Crippen LogP contribution in [0.25, 0.3) is 0 Å². The third kappa shape index (κ3) is 4.20. The standard InChI is InChI=1S/C14H21N/c1-4-5-11-14(12(2)3)15-13-9-7-6-8-10-13/h6-10,14-15H,2,4-5,11H2,1,3H3. The van der Waals surface area contributed by atoms with Gasteiger partial charge in [-0.25, -0.2) is 0 Å². The highest BCUT2D eigenvalue weighted by molar-refractivity contribution is 5.45. The fourth-order valence-corrected chi connectivity index (χ4v) is 1.59. The van der Waals surface area contributed by atoms with Crippen molar-refractivity contribution in [3.63, 3.8) is 0 Å². The highest BCUT2D eigenvalue weighted by atomic mass is 14.9. The van der Waals surface area contributed by atoms with Crippen LogP contribution in [-0.2, 0) is 0 Å². The van der Waals surface area contributed by atoms with Crippen LogP contribution < -0.4 is 5.32 Å². The zero-order valence-electron chi connectivity index (χ0n) is 9.79. The summed E-state index contributed by atoms with van der Waals surface area (Å²) in [4.78, 5) is 0. The van der Waals surface area contributed by atoms with Crippen molar-refractivity contribution in [2.24, 2.45) is 0 Å². The van der Waals surface area contributed by atoms with Crippen molar-refractivity contribution in [1.29, 1.82) is 0 Å². The SMILES string of the molecule is C=C(C)C(CCCC)Nc1ccccc1. The van der Waals surface area contributed by atoms with Gasteiger partial charge in [0.1, 0.15) is 0 Å². The molecule has 0 aliphatic rings. The first-order valence-corrected chi connectivity index (χ1v) is 5.71. The molecule has 0 aliphatic heterocycles. The predicted octanol–water partition coefficient (Wildman–Crippen LogP) is 4.23. The molecule has 82 valence electrons. The number of rotatable bonds is 6. The lowest BCUT2D eigenvalue weighted by Gasteiger charge is -2.19. The van der Waals surface area contributed by atoms with Gasteiger partial charge >= 0.3 is 0 Å². The summed E-state index contributed by atoms with van der Waals surface area (Å²) in [6.07, 6.45) is 3.65. The molecule has 0 aromatic heterocycles. The molecule has 1 nitrogen and oxygen atoms in total. The van der Waals surface area contributed by atoms with Gasteiger partial charge in [0, 0.05) is 11.7 Å². The van der Waals surface area contributed by atoms with Crippen molar-refractivity contribution >= 4 is 5.69 Å². The molecule has 0 amide bonds. The average molecular weight is 203 g/mol. The summed E-state index contributed by atoms with van der Waals surface area (Å²) in [7, 11) is 0. The van der Waals surface area contributed by atoms with E-state index < -0.39 is 0 Å². The number of nitrogens with one attached hydrogen (secondary N) is 1. The van der Waals surface area contributed by atoms with E-state index in [4.69, 9.17) is 0 Å². The molecule has 1 aromatic carbocycles. The van der Waals surface area contributed by atoms with Crippen molar-refractivity contribution in [3.8, 4) is 0 Å². The first-order valence-electron chi connectivity index (χ1n) is 5.71. The predicted molar refractivity (Wildman–Crippen MR) is 68.2 cm³/mol. The molecule has 0 saturated heterocycles. The summed E-state index contributed by atoms with van der Waals surface area (Å²) < 4.78 is 0. The number of hydrogen-bond donors (Lipinski definition) is 1. The fourth-order valence-electron chi connectivity index (χ4n) is 1.59. The first-order chi connectivity index (χ1) is 7.24. The van der Waals surface area contributed by atoms with E-state index in [0.29, 0.717) is 6.04 Å². The maximum atomic E-state index is 4.04. The lowest BCUT2D eigenvalue weighted by Crippen LogP contribution is -2.20. The van der Waals surface area contributed by atoms with Gasteiger partial charge in [-0.1, -0.05) is 50.1 Å². The van der Waals surface area contributed by atoms with E-state index in [1.165, 1.54) is 30.5 Å². The molecule has 1 rings (SSSR count). The lowest BCUT2D eigenvalue weighted by atomic mass is 10.0. The Hall–Kier alpha value is -1.24. The van der Waals surface area contributed by atoms with Crippen molar-refractivity contribution in [3.05, 3.63) is 42.5 Å². The molecule has 15 heavy (non-hydrogen) atoms. The maximum Gasteiger partial charge on any atom is 0.0468 e. The third-order valence-electron chi connectivity index (χ3n) is 2.56. The van der Waals surface area contributed by atoms with Crippen LogP contribution in [-0.4, -0.2) is 6.04 Å². The van der Waals surface area contributed by atoms with Crippen LogP contribution >= 0.6 is 0 Å². The minimum atomic E-state index is 0.410. The van der Waals surface area contributed by atoms with Crippen LogP contribution in [0.2, 0.25) is 0 Å². The topological polar surface area (TPSA) is 12.0 Å². The highest BCUT2D eigenvalue weighted by Crippen LogP contribution is 2.15. The van der Waals surface area contributed by atoms with Crippen LogP contribution in [0, 0.1) is 0 Å². The Balaban J connectivity index is 2.55. The Labute approximate surface area is 93.2 Å². The normalized spacial score (nSPS) is 12.1. The number of para-hydroxylation sites is 1. The van der Waals surface area contributed by atoms with Gasteiger partial charge in [0.15, 0.2) is 0 Å². The van der Waals surface area contributed by atoms with Crippen molar-refractivity contribution in [2.45, 2.75) is 39.2 Å². The molecule has 0 heterocycles. The average Bonchev–Trinajstić information content (AvgIpc) is 2.25. The second-order valence-electron chi connectivity index (χ2n) is 4.05. The van der Waals surface area contributed by atoms with Gasteiger partial charge in [0.2, 0.25) is 0 Å². The lowest BCUT2D eigenvalue weighted by molar-refractivity contribution is 0.662. The van der Waals surface area contributed by atoms with Gasteiger partial charge in [0.05, 0.1) is 0 Å². The quantitative estimate of drug-likeness (QED) is 0.682. The zero-order valence-corrected chi connectivity index (χ0v) is 9.79. The molecule has 0 aliphatic carbocycles. The smallest absolute Gasteiger partial charge is 0.0468 e. The molecule has 0 saturated carbocycles. The zero-order chi connectivity index (χ0) is 11.1. The summed E-state index contributed by atoms with van der Waals surface area (Å²) in [6.45, 7) is 8.36. The second kappa shape index (κ2) is 6.28. The molecular formula is C14H21N. The van der Waals surface area contributed by atoms with Crippen LogP contribution in [0.3, 0.4) is 0 Å². The molecule has 1 heteroatoms. The largest absolute Gasteiger partial charge is 0.379 e. The van der Waals surface area contributed by atoms with Gasteiger partial charge in [-0.2, -0.15) is 0 Å². The number of anilines is 1. The molecule has 1 atom stereocenters. The number of hydrogen-bond acceptors (Lipinski definition) is 1. The Morgan fingerprint density at radius 3 is 2.53 bits per heavy atom. The number of benzene rings is 1. The van der Waals surface area contributed by atoms with Crippen molar-refractivity contribution < 1.29 is 0 Å². The Bertz CT molecular complexity index is 289. The summed E-state index contributed by atoms with van der Waals surface area (Å²) >= 11 is 0. The monoisotopic (exact) mass is 203 g/mol. The van der Waals surface area contributed by atoms with E-state index in [-0.39, 0.29) is 0 Å². The molecule has 1 N–H and O–H groups in total. The van der Waals surface area contributed by atoms with E-state index in [9.17, 15) is 0 Å². The van der Waals surface area contributed by atoms with Crippen molar-refractivity contribution in [1.82, 2.24) is 0 Å². The fraction of sp³-hybridized carbons (Fsp3) is 0.429. The second-order valence-corrected chi connectivity index (χ2v) is 4.05. The molecule has 0 fully saturated rings. The van der Waals surface area contributed by atoms with E-state index in [1.807, 2.05) is 6.07 Å². The Morgan fingerprint density at radius 2 is 2.00 bits per heavy atom. The van der Waals surface area contributed by atoms with Gasteiger partial charge < -0.3 is 5.32 Å². The van der Waals surface area contributed by atoms with Gasteiger partial charge in [-0.05, 0) is 25.5 Å². The number of unbranched alkanes of at least 4 members (excludes halogenated alkanes) is 1. The van der Waals surface area contributed by atoms with E-state index in [0.717, 1.165) is 0 Å². The van der Waals surface area contributed by atoms with E-state index in [1.54, 1.807) is 0 Å². The van der Waals surface area contributed by atoms with Crippen LogP contribution in [0.1, 0.15) is 33.1 Å². The van der Waals surface area contributed by atoms with Crippen LogP contribution in [0.5, 0.6) is 0 Å². The van der Waals surface area contributed by atoms with Gasteiger partial charge in [0.25, 0.3) is 0 Å². The molecule has 1 aromatic rings. The molecule has 0 spiro atoms. The summed E-state index contributed by atoms with van der Waals surface area (Å²) in [5.74, 6) is 0. The minimum absolute atomic E-state index is 0.410. The third-order valence-corrected chi connectivity index (χ3v) is 2.56. The Kier molecular flexibility index (Phi) is 4.96. The molecule has 0 bridgehead atoms. The summed E-state index contributed by atoms with van der Waals surface area (Å²) in [5, 5.41) is 3.51. The van der Waals surface area contributed by atoms with E-state index in [2.05, 4.69) is 50.0 Å². The maximum absolute atomic E-state index is 4.04. The molecule has 0 radical (unpaired) electrons. The minimum Gasteiger partial charge on any atom is -0.379 e. The summed E-state index contributed by atoms with van der Waals surface area (Å²) in [6, 6.07) is 10.7. The van der Waals surface area contributed by atoms with Crippen LogP contribution in [0.15, 0.2) is 42.5 Å². The summed E-state index contributed by atoms with van der Waals surface area (Å²) in [5.41, 5.74) is 2.40. The Morgan fingerprint density at radius 1 is 1.33 bits per heavy atom. The van der Waals surface area contributed by atoms with Crippen molar-refractivity contribution in [2.75, 3.05) is 5.32 Å². The highest BCUT2D eigenvalue weighted by Gasteiger charge is 2.07. The molecule has 1 unspecified atom stereocenters. The van der Waals surface area contributed by atoms with Gasteiger partial charge in [-0.15, -0.1) is 0 Å². The first kappa shape index (κ1) is 11.8. The van der Waals surface area contributed by atoms with Crippen LogP contribution in [0.4, 0.5) is 5.69 Å².